The molecule has 1 aliphatic heterocycles. The van der Waals surface area contributed by atoms with E-state index in [1.807, 2.05) is 19.1 Å². The van der Waals surface area contributed by atoms with Crippen molar-refractivity contribution in [1.29, 1.82) is 0 Å². The minimum atomic E-state index is -0.553. The zero-order valence-corrected chi connectivity index (χ0v) is 13.2. The normalized spacial score (nSPS) is 20.7. The third-order valence-corrected chi connectivity index (χ3v) is 3.83. The lowest BCUT2D eigenvalue weighted by atomic mass is 9.97. The molecule has 0 bridgehead atoms. The number of aliphatic hydroxyl groups excluding tert-OH is 1. The Balaban J connectivity index is 1.67. The number of aliphatic hydroxyl groups is 1. The molecule has 1 amide bonds. The summed E-state index contributed by atoms with van der Waals surface area (Å²) in [4.78, 5) is 14.0. The van der Waals surface area contributed by atoms with Gasteiger partial charge in [0.1, 0.15) is 12.4 Å². The van der Waals surface area contributed by atoms with Crippen LogP contribution >= 0.6 is 0 Å². The van der Waals surface area contributed by atoms with Gasteiger partial charge in [0.05, 0.1) is 24.9 Å². The Labute approximate surface area is 131 Å². The van der Waals surface area contributed by atoms with Crippen LogP contribution in [0.25, 0.3) is 0 Å². The molecule has 2 atom stereocenters. The number of nitrogens with zero attached hydrogens (tertiary/aromatic N) is 1. The average Bonchev–Trinajstić information content (AvgIpc) is 3.01. The number of hydrogen-bond acceptors (Lipinski definition) is 5. The lowest BCUT2D eigenvalue weighted by Gasteiger charge is -2.33. The smallest absolute Gasteiger partial charge is 0.224 e. The monoisotopic (exact) mass is 310 g/mol. The Hall–Kier alpha value is -1.37. The van der Waals surface area contributed by atoms with Crippen LogP contribution in [-0.2, 0) is 16.1 Å². The zero-order chi connectivity index (χ0) is 15.8. The van der Waals surface area contributed by atoms with E-state index in [1.54, 1.807) is 6.26 Å². The van der Waals surface area contributed by atoms with Gasteiger partial charge < -0.3 is 19.6 Å². The number of furan rings is 1. The van der Waals surface area contributed by atoms with Gasteiger partial charge >= 0.3 is 0 Å². The van der Waals surface area contributed by atoms with E-state index >= 15 is 0 Å². The maximum atomic E-state index is 11.9. The van der Waals surface area contributed by atoms with Crippen LogP contribution in [0.15, 0.2) is 22.8 Å². The van der Waals surface area contributed by atoms with E-state index < -0.39 is 6.10 Å². The molecule has 22 heavy (non-hydrogen) atoms. The standard InChI is InChI=1S/C16H26N2O4/c1-2-17-16(20)13-5-3-7-18(9-13)10-14(19)11-21-12-15-6-4-8-22-15/h4,6,8,13-14,19H,2-3,5,7,9-12H2,1H3,(H,17,20). The van der Waals surface area contributed by atoms with Gasteiger partial charge in [-0.1, -0.05) is 0 Å². The third kappa shape index (κ3) is 5.44. The van der Waals surface area contributed by atoms with Crippen molar-refractivity contribution in [2.75, 3.05) is 32.8 Å². The molecule has 0 aliphatic carbocycles. The molecule has 124 valence electrons. The van der Waals surface area contributed by atoms with E-state index in [9.17, 15) is 9.90 Å². The maximum absolute atomic E-state index is 11.9. The molecule has 0 saturated carbocycles. The number of piperidine rings is 1. The molecule has 0 radical (unpaired) electrons. The Morgan fingerprint density at radius 1 is 1.64 bits per heavy atom. The fourth-order valence-corrected chi connectivity index (χ4v) is 2.79. The third-order valence-electron chi connectivity index (χ3n) is 3.83. The summed E-state index contributed by atoms with van der Waals surface area (Å²) in [6.45, 7) is 5.39. The summed E-state index contributed by atoms with van der Waals surface area (Å²) in [6, 6.07) is 3.65. The van der Waals surface area contributed by atoms with Crippen molar-refractivity contribution in [3.63, 3.8) is 0 Å². The van der Waals surface area contributed by atoms with Crippen molar-refractivity contribution in [2.24, 2.45) is 5.92 Å². The molecular formula is C16H26N2O4. The topological polar surface area (TPSA) is 74.9 Å². The number of carbonyl (C=O) groups excluding carboxylic acids is 1. The molecule has 2 rings (SSSR count). The first-order valence-corrected chi connectivity index (χ1v) is 7.97. The van der Waals surface area contributed by atoms with Gasteiger partial charge in [-0.3, -0.25) is 9.69 Å². The summed E-state index contributed by atoms with van der Waals surface area (Å²) in [7, 11) is 0. The Bertz CT molecular complexity index is 435. The van der Waals surface area contributed by atoms with Crippen molar-refractivity contribution in [3.05, 3.63) is 24.2 Å². The Kier molecular flexibility index (Phi) is 6.89. The van der Waals surface area contributed by atoms with Crippen molar-refractivity contribution in [3.8, 4) is 0 Å². The van der Waals surface area contributed by atoms with Crippen molar-refractivity contribution >= 4 is 5.91 Å². The average molecular weight is 310 g/mol. The van der Waals surface area contributed by atoms with Crippen molar-refractivity contribution in [1.82, 2.24) is 10.2 Å². The number of hydrogen-bond donors (Lipinski definition) is 2. The second-order valence-corrected chi connectivity index (χ2v) is 5.74. The highest BCUT2D eigenvalue weighted by atomic mass is 16.5. The number of nitrogens with one attached hydrogen (secondary N) is 1. The van der Waals surface area contributed by atoms with Crippen molar-refractivity contribution < 1.29 is 19.1 Å². The van der Waals surface area contributed by atoms with Gasteiger partial charge in [-0.25, -0.2) is 0 Å². The first-order chi connectivity index (χ1) is 10.7. The van der Waals surface area contributed by atoms with E-state index in [1.165, 1.54) is 0 Å². The first kappa shape index (κ1) is 17.0. The lowest BCUT2D eigenvalue weighted by Crippen LogP contribution is -2.46. The van der Waals surface area contributed by atoms with Gasteiger partial charge in [-0.2, -0.15) is 0 Å². The Morgan fingerprint density at radius 2 is 2.50 bits per heavy atom. The van der Waals surface area contributed by atoms with Crippen LogP contribution in [-0.4, -0.2) is 54.8 Å². The molecule has 1 aliphatic rings. The van der Waals surface area contributed by atoms with Crippen LogP contribution in [0.4, 0.5) is 0 Å². The van der Waals surface area contributed by atoms with E-state index in [4.69, 9.17) is 9.15 Å². The maximum Gasteiger partial charge on any atom is 0.224 e. The molecular weight excluding hydrogens is 284 g/mol. The molecule has 2 N–H and O–H groups in total. The summed E-state index contributed by atoms with van der Waals surface area (Å²) < 4.78 is 10.6. The molecule has 0 spiro atoms. The van der Waals surface area contributed by atoms with Gasteiger partial charge in [-0.05, 0) is 38.4 Å². The summed E-state index contributed by atoms with van der Waals surface area (Å²) in [5.74, 6) is 0.905. The number of β-amino-alcohol motifs (C(OH)–C–C–N with tert-alkyl or cyclic N) is 1. The predicted octanol–water partition coefficient (Wildman–Crippen LogP) is 1.01. The predicted molar refractivity (Wildman–Crippen MR) is 82.2 cm³/mol. The number of amides is 1. The second kappa shape index (κ2) is 8.92. The number of ether oxygens (including phenoxy) is 1. The molecule has 2 heterocycles. The van der Waals surface area contributed by atoms with E-state index in [2.05, 4.69) is 10.2 Å². The van der Waals surface area contributed by atoms with Gasteiger partial charge in [-0.15, -0.1) is 0 Å². The molecule has 2 unspecified atom stereocenters. The highest BCUT2D eigenvalue weighted by molar-refractivity contribution is 5.78. The molecule has 1 aromatic heterocycles. The molecule has 6 nitrogen and oxygen atoms in total. The lowest BCUT2D eigenvalue weighted by molar-refractivity contribution is -0.126. The highest BCUT2D eigenvalue weighted by Gasteiger charge is 2.26. The quantitative estimate of drug-likeness (QED) is 0.749. The van der Waals surface area contributed by atoms with E-state index in [0.29, 0.717) is 26.2 Å². The molecule has 0 aromatic carbocycles. The first-order valence-electron chi connectivity index (χ1n) is 7.97. The number of carbonyl (C=O) groups is 1. The zero-order valence-electron chi connectivity index (χ0n) is 13.2. The Morgan fingerprint density at radius 3 is 3.23 bits per heavy atom. The summed E-state index contributed by atoms with van der Waals surface area (Å²) >= 11 is 0. The minimum Gasteiger partial charge on any atom is -0.467 e. The van der Waals surface area contributed by atoms with E-state index in [0.717, 1.165) is 25.1 Å². The number of rotatable bonds is 8. The van der Waals surface area contributed by atoms with Crippen LogP contribution in [0, 0.1) is 5.92 Å². The molecule has 1 fully saturated rings. The second-order valence-electron chi connectivity index (χ2n) is 5.74. The van der Waals surface area contributed by atoms with Crippen molar-refractivity contribution in [2.45, 2.75) is 32.5 Å². The fraction of sp³-hybridized carbons (Fsp3) is 0.688. The fourth-order valence-electron chi connectivity index (χ4n) is 2.79. The SMILES string of the molecule is CCNC(=O)C1CCCN(CC(O)COCc2ccco2)C1. The van der Waals surface area contributed by atoms with Gasteiger partial charge in [0, 0.05) is 19.6 Å². The van der Waals surface area contributed by atoms with Crippen LogP contribution < -0.4 is 5.32 Å². The van der Waals surface area contributed by atoms with Gasteiger partial charge in [0.25, 0.3) is 0 Å². The van der Waals surface area contributed by atoms with Crippen LogP contribution in [0.5, 0.6) is 0 Å². The highest BCUT2D eigenvalue weighted by Crippen LogP contribution is 2.17. The van der Waals surface area contributed by atoms with Gasteiger partial charge in [0.15, 0.2) is 0 Å². The van der Waals surface area contributed by atoms with Crippen LogP contribution in [0.2, 0.25) is 0 Å². The largest absolute Gasteiger partial charge is 0.467 e. The van der Waals surface area contributed by atoms with E-state index in [-0.39, 0.29) is 18.4 Å². The summed E-state index contributed by atoms with van der Waals surface area (Å²) in [5, 5.41) is 12.9. The summed E-state index contributed by atoms with van der Waals surface area (Å²) in [5.41, 5.74) is 0. The summed E-state index contributed by atoms with van der Waals surface area (Å²) in [6.07, 6.45) is 2.96. The van der Waals surface area contributed by atoms with Crippen LogP contribution in [0.3, 0.4) is 0 Å². The minimum absolute atomic E-state index is 0.0323. The molecule has 1 saturated heterocycles. The number of likely N-dealkylation sites (tertiary alicyclic amines) is 1. The van der Waals surface area contributed by atoms with Gasteiger partial charge in [0.2, 0.25) is 5.91 Å². The molecule has 6 heteroatoms. The molecule has 1 aromatic rings. The van der Waals surface area contributed by atoms with Crippen LogP contribution in [0.1, 0.15) is 25.5 Å².